The number of nitrogens with zero attached hydrogens (tertiary/aromatic N) is 1. The molecule has 1 unspecified atom stereocenters. The van der Waals surface area contributed by atoms with Crippen molar-refractivity contribution in [1.29, 1.82) is 0 Å². The van der Waals surface area contributed by atoms with Crippen molar-refractivity contribution in [3.05, 3.63) is 15.4 Å². The number of halogens is 1. The van der Waals surface area contributed by atoms with E-state index in [1.54, 1.807) is 18.4 Å². The number of likely N-dealkylation sites (tertiary alicyclic amines) is 1. The highest BCUT2D eigenvalue weighted by Crippen LogP contribution is 2.36. The van der Waals surface area contributed by atoms with E-state index in [9.17, 15) is 4.79 Å². The van der Waals surface area contributed by atoms with Gasteiger partial charge in [0.05, 0.1) is 11.6 Å². The Morgan fingerprint density at radius 3 is 3.12 bits per heavy atom. The lowest BCUT2D eigenvalue weighted by atomic mass is 10.2. The maximum Gasteiger partial charge on any atom is 0.320 e. The average molecular weight is 320 g/mol. The number of ether oxygens (including phenoxy) is 1. The lowest BCUT2D eigenvalue weighted by molar-refractivity contribution is -0.142. The van der Waals surface area contributed by atoms with Gasteiger partial charge in [-0.3, -0.25) is 9.69 Å². The fourth-order valence-corrected chi connectivity index (χ4v) is 3.83. The van der Waals surface area contributed by atoms with E-state index in [2.05, 4.69) is 15.9 Å². The Hall–Kier alpha value is -0.590. The van der Waals surface area contributed by atoms with Crippen LogP contribution in [0, 0.1) is 0 Å². The number of carboxylic acids is 1. The summed E-state index contributed by atoms with van der Waals surface area (Å²) in [5.74, 6) is -0.718. The third-order valence-corrected chi connectivity index (χ3v) is 4.83. The summed E-state index contributed by atoms with van der Waals surface area (Å²) in [6.45, 7) is 1.54. The molecule has 0 bridgehead atoms. The van der Waals surface area contributed by atoms with Gasteiger partial charge in [-0.25, -0.2) is 0 Å². The molecule has 0 amide bonds. The summed E-state index contributed by atoms with van der Waals surface area (Å²) in [6.07, 6.45) is 1.71. The van der Waals surface area contributed by atoms with Gasteiger partial charge in [0.25, 0.3) is 0 Å². The molecule has 2 rings (SSSR count). The van der Waals surface area contributed by atoms with Gasteiger partial charge in [0.1, 0.15) is 6.04 Å². The van der Waals surface area contributed by atoms with Crippen LogP contribution < -0.4 is 4.74 Å². The van der Waals surface area contributed by atoms with Gasteiger partial charge in [-0.1, -0.05) is 0 Å². The highest BCUT2D eigenvalue weighted by Gasteiger charge is 2.30. The molecular weight excluding hydrogens is 306 g/mol. The average Bonchev–Trinajstić information content (AvgIpc) is 2.85. The Morgan fingerprint density at radius 1 is 1.76 bits per heavy atom. The van der Waals surface area contributed by atoms with Gasteiger partial charge in [0.2, 0.25) is 0 Å². The SMILES string of the molecule is COc1sc(CN2CCCC2C(=O)O)cc1Br. The Bertz CT molecular complexity index is 421. The topological polar surface area (TPSA) is 49.8 Å². The van der Waals surface area contributed by atoms with Crippen LogP contribution in [-0.2, 0) is 11.3 Å². The number of carboxylic acid groups (broad SMARTS) is 1. The molecule has 0 saturated carbocycles. The fraction of sp³-hybridized carbons (Fsp3) is 0.545. The predicted octanol–water partition coefficient (Wildman–Crippen LogP) is 2.57. The molecule has 1 fully saturated rings. The van der Waals surface area contributed by atoms with E-state index < -0.39 is 5.97 Å². The Kier molecular flexibility index (Phi) is 4.06. The van der Waals surface area contributed by atoms with Crippen molar-refractivity contribution in [2.75, 3.05) is 13.7 Å². The van der Waals surface area contributed by atoms with Crippen LogP contribution in [0.5, 0.6) is 5.06 Å². The van der Waals surface area contributed by atoms with Gasteiger partial charge in [-0.15, -0.1) is 11.3 Å². The van der Waals surface area contributed by atoms with Crippen molar-refractivity contribution in [2.45, 2.75) is 25.4 Å². The second-order valence-electron chi connectivity index (χ2n) is 4.02. The molecule has 1 aromatic rings. The largest absolute Gasteiger partial charge is 0.486 e. The second-order valence-corrected chi connectivity index (χ2v) is 5.97. The molecule has 0 aromatic carbocycles. The molecule has 0 radical (unpaired) electrons. The Morgan fingerprint density at radius 2 is 2.53 bits per heavy atom. The standard InChI is InChI=1S/C11H14BrNO3S/c1-16-11-8(12)5-7(17-11)6-13-4-2-3-9(13)10(14)15/h5,9H,2-4,6H2,1H3,(H,14,15). The summed E-state index contributed by atoms with van der Waals surface area (Å²) in [5, 5.41) is 9.93. The summed E-state index contributed by atoms with van der Waals surface area (Å²) in [4.78, 5) is 14.2. The molecule has 1 aliphatic heterocycles. The van der Waals surface area contributed by atoms with E-state index in [1.807, 2.05) is 11.0 Å². The number of thiophene rings is 1. The van der Waals surface area contributed by atoms with Gasteiger partial charge in [0.15, 0.2) is 5.06 Å². The van der Waals surface area contributed by atoms with Crippen molar-refractivity contribution in [3.8, 4) is 5.06 Å². The zero-order valence-corrected chi connectivity index (χ0v) is 11.9. The van der Waals surface area contributed by atoms with E-state index in [-0.39, 0.29) is 6.04 Å². The third-order valence-electron chi connectivity index (χ3n) is 2.90. The van der Waals surface area contributed by atoms with Crippen molar-refractivity contribution >= 4 is 33.2 Å². The first-order valence-corrected chi connectivity index (χ1v) is 7.02. The molecule has 1 aromatic heterocycles. The summed E-state index contributed by atoms with van der Waals surface area (Å²) in [6, 6.07) is 1.67. The summed E-state index contributed by atoms with van der Waals surface area (Å²) >= 11 is 4.98. The normalized spacial score (nSPS) is 20.7. The first-order valence-electron chi connectivity index (χ1n) is 5.41. The lowest BCUT2D eigenvalue weighted by Gasteiger charge is -2.19. The van der Waals surface area contributed by atoms with Crippen LogP contribution in [0.4, 0.5) is 0 Å². The van der Waals surface area contributed by atoms with Gasteiger partial charge in [-0.2, -0.15) is 0 Å². The van der Waals surface area contributed by atoms with Crippen molar-refractivity contribution in [3.63, 3.8) is 0 Å². The molecule has 0 spiro atoms. The summed E-state index contributed by atoms with van der Waals surface area (Å²) in [7, 11) is 1.64. The van der Waals surface area contributed by atoms with Crippen LogP contribution in [0.15, 0.2) is 10.5 Å². The van der Waals surface area contributed by atoms with E-state index in [1.165, 1.54) is 0 Å². The van der Waals surface area contributed by atoms with Crippen molar-refractivity contribution in [2.24, 2.45) is 0 Å². The van der Waals surface area contributed by atoms with E-state index in [4.69, 9.17) is 9.84 Å². The first-order chi connectivity index (χ1) is 8.11. The van der Waals surface area contributed by atoms with Gasteiger partial charge >= 0.3 is 5.97 Å². The molecule has 6 heteroatoms. The maximum absolute atomic E-state index is 11.1. The number of carbonyl (C=O) groups is 1. The molecule has 2 heterocycles. The second kappa shape index (κ2) is 5.37. The quantitative estimate of drug-likeness (QED) is 0.926. The van der Waals surface area contributed by atoms with Crippen LogP contribution in [0.25, 0.3) is 0 Å². The minimum Gasteiger partial charge on any atom is -0.486 e. The monoisotopic (exact) mass is 319 g/mol. The van der Waals surface area contributed by atoms with E-state index in [0.717, 1.165) is 33.8 Å². The Balaban J connectivity index is 2.07. The lowest BCUT2D eigenvalue weighted by Crippen LogP contribution is -2.35. The molecule has 4 nitrogen and oxygen atoms in total. The smallest absolute Gasteiger partial charge is 0.320 e. The predicted molar refractivity (Wildman–Crippen MR) is 69.6 cm³/mol. The molecule has 94 valence electrons. The number of methoxy groups -OCH3 is 1. The van der Waals surface area contributed by atoms with Crippen molar-refractivity contribution < 1.29 is 14.6 Å². The van der Waals surface area contributed by atoms with Crippen LogP contribution in [0.1, 0.15) is 17.7 Å². The molecule has 0 aliphatic carbocycles. The molecule has 1 saturated heterocycles. The Labute approximate surface area is 112 Å². The summed E-state index contributed by atoms with van der Waals surface area (Å²) < 4.78 is 6.14. The van der Waals surface area contributed by atoms with Crippen molar-refractivity contribution in [1.82, 2.24) is 4.90 Å². The fourth-order valence-electron chi connectivity index (χ4n) is 2.11. The number of aliphatic carboxylic acids is 1. The zero-order chi connectivity index (χ0) is 12.4. The minimum absolute atomic E-state index is 0.332. The van der Waals surface area contributed by atoms with Crippen LogP contribution in [0.3, 0.4) is 0 Å². The van der Waals surface area contributed by atoms with E-state index in [0.29, 0.717) is 6.54 Å². The molecule has 1 aliphatic rings. The van der Waals surface area contributed by atoms with Crippen LogP contribution in [-0.4, -0.2) is 35.7 Å². The van der Waals surface area contributed by atoms with Crippen LogP contribution >= 0.6 is 27.3 Å². The van der Waals surface area contributed by atoms with Gasteiger partial charge < -0.3 is 9.84 Å². The molecule has 17 heavy (non-hydrogen) atoms. The first kappa shape index (κ1) is 12.9. The van der Waals surface area contributed by atoms with Crippen LogP contribution in [0.2, 0.25) is 0 Å². The van der Waals surface area contributed by atoms with Gasteiger partial charge in [0, 0.05) is 11.4 Å². The maximum atomic E-state index is 11.1. The number of rotatable bonds is 4. The third kappa shape index (κ3) is 2.81. The number of hydrogen-bond donors (Lipinski definition) is 1. The zero-order valence-electron chi connectivity index (χ0n) is 9.48. The number of hydrogen-bond acceptors (Lipinski definition) is 4. The van der Waals surface area contributed by atoms with E-state index >= 15 is 0 Å². The summed E-state index contributed by atoms with van der Waals surface area (Å²) in [5.41, 5.74) is 0. The highest BCUT2D eigenvalue weighted by molar-refractivity contribution is 9.10. The molecule has 1 atom stereocenters. The highest BCUT2D eigenvalue weighted by atomic mass is 79.9. The van der Waals surface area contributed by atoms with Gasteiger partial charge in [-0.05, 0) is 41.4 Å². The molecule has 1 N–H and O–H groups in total. The molecular formula is C11H14BrNO3S. The minimum atomic E-state index is -0.718.